The lowest BCUT2D eigenvalue weighted by molar-refractivity contribution is -0.239. The maximum atomic E-state index is 13.1. The van der Waals surface area contributed by atoms with Crippen LogP contribution in [-0.2, 0) is 14.3 Å². The number of phenolic OH excluding ortho intramolecular Hbond substituents is 4. The van der Waals surface area contributed by atoms with Gasteiger partial charge in [0.05, 0.1) is 19.3 Å². The standard InChI is InChI=1S/C31H28O13/c1-41-22-10-14(2-8-17(22)34)3-9-24(38)44-31-28(40)27(39)23(13-32)43-30(31)26-19(36)11-18(35)25-20(37)12-21(42-29(25)26)15-4-6-16(33)7-5-15/h2-12,23,27-28,30-36,39-40H,13H2,1H3/b9-3+/t23-,27-,28+,30+,31-/m1/s1. The molecule has 1 aliphatic rings. The number of hydrogen-bond acceptors (Lipinski definition) is 13. The van der Waals surface area contributed by atoms with Gasteiger partial charge in [-0.3, -0.25) is 4.79 Å². The minimum Gasteiger partial charge on any atom is -0.508 e. The number of carbonyl (C=O) groups excluding carboxylic acids is 1. The molecule has 5 rings (SSSR count). The number of hydrogen-bond donors (Lipinski definition) is 7. The van der Waals surface area contributed by atoms with E-state index in [1.165, 1.54) is 55.7 Å². The molecular weight excluding hydrogens is 580 g/mol. The highest BCUT2D eigenvalue weighted by Crippen LogP contribution is 2.44. The average molecular weight is 609 g/mol. The number of esters is 1. The Morgan fingerprint density at radius 3 is 2.34 bits per heavy atom. The van der Waals surface area contributed by atoms with E-state index in [2.05, 4.69) is 0 Å². The lowest BCUT2D eigenvalue weighted by Gasteiger charge is -2.41. The number of fused-ring (bicyclic) bond motifs is 1. The van der Waals surface area contributed by atoms with Gasteiger partial charge in [0.2, 0.25) is 0 Å². The Hall–Kier alpha value is -5.08. The first-order chi connectivity index (χ1) is 21.0. The second kappa shape index (κ2) is 12.3. The van der Waals surface area contributed by atoms with E-state index in [4.69, 9.17) is 18.6 Å². The quantitative estimate of drug-likeness (QED) is 0.118. The lowest BCUT2D eigenvalue weighted by atomic mass is 9.89. The summed E-state index contributed by atoms with van der Waals surface area (Å²) in [6.45, 7) is -0.780. The van der Waals surface area contributed by atoms with Crippen molar-refractivity contribution in [2.75, 3.05) is 13.7 Å². The van der Waals surface area contributed by atoms with Gasteiger partial charge in [0.1, 0.15) is 52.8 Å². The van der Waals surface area contributed by atoms with Gasteiger partial charge in [-0.15, -0.1) is 0 Å². The highest BCUT2D eigenvalue weighted by atomic mass is 16.6. The monoisotopic (exact) mass is 608 g/mol. The third-order valence-electron chi connectivity index (χ3n) is 7.17. The van der Waals surface area contributed by atoms with Crippen molar-refractivity contribution >= 4 is 23.0 Å². The summed E-state index contributed by atoms with van der Waals surface area (Å²) in [4.78, 5) is 26.1. The van der Waals surface area contributed by atoms with E-state index < -0.39 is 60.0 Å². The molecule has 0 unspecified atom stereocenters. The van der Waals surface area contributed by atoms with Gasteiger partial charge >= 0.3 is 5.97 Å². The normalized spacial score (nSPS) is 21.9. The summed E-state index contributed by atoms with van der Waals surface area (Å²) in [5.41, 5.74) is -0.618. The molecule has 1 aliphatic heterocycles. The minimum absolute atomic E-state index is 0.0235. The number of aromatic hydroxyl groups is 4. The molecule has 0 saturated carbocycles. The highest BCUT2D eigenvalue weighted by molar-refractivity contribution is 5.90. The Labute approximate surface area is 248 Å². The SMILES string of the molecule is COc1cc(/C=C/C(=O)O[C@@H]2[C@@H](O)[C@H](O)[C@@H](CO)O[C@H]2c2c(O)cc(O)c3c(=O)cc(-c4ccc(O)cc4)oc23)ccc1O. The fourth-order valence-corrected chi connectivity index (χ4v) is 4.95. The summed E-state index contributed by atoms with van der Waals surface area (Å²) in [5, 5.41) is 72.0. The predicted octanol–water partition coefficient (Wildman–Crippen LogP) is 2.07. The summed E-state index contributed by atoms with van der Waals surface area (Å²) in [7, 11) is 1.35. The smallest absolute Gasteiger partial charge is 0.331 e. The van der Waals surface area contributed by atoms with Crippen LogP contribution in [0.15, 0.2) is 69.9 Å². The number of methoxy groups -OCH3 is 1. The van der Waals surface area contributed by atoms with Crippen LogP contribution in [0.25, 0.3) is 28.4 Å². The molecule has 0 bridgehead atoms. The zero-order valence-corrected chi connectivity index (χ0v) is 23.0. The van der Waals surface area contributed by atoms with E-state index in [-0.39, 0.29) is 39.5 Å². The van der Waals surface area contributed by atoms with Crippen LogP contribution >= 0.6 is 0 Å². The van der Waals surface area contributed by atoms with Gasteiger partial charge < -0.3 is 54.4 Å². The van der Waals surface area contributed by atoms with Gasteiger partial charge in [-0.05, 0) is 48.0 Å². The molecule has 0 amide bonds. The molecule has 44 heavy (non-hydrogen) atoms. The van der Waals surface area contributed by atoms with Crippen LogP contribution in [0.1, 0.15) is 17.2 Å². The predicted molar refractivity (Wildman–Crippen MR) is 153 cm³/mol. The van der Waals surface area contributed by atoms with E-state index in [0.717, 1.165) is 18.2 Å². The van der Waals surface area contributed by atoms with Gasteiger partial charge in [0.25, 0.3) is 0 Å². The first-order valence-electron chi connectivity index (χ1n) is 13.2. The van der Waals surface area contributed by atoms with Crippen LogP contribution in [0.3, 0.4) is 0 Å². The molecule has 2 heterocycles. The van der Waals surface area contributed by atoms with Gasteiger partial charge in [-0.25, -0.2) is 4.79 Å². The molecule has 0 spiro atoms. The van der Waals surface area contributed by atoms with E-state index >= 15 is 0 Å². The zero-order chi connectivity index (χ0) is 31.7. The number of phenols is 4. The van der Waals surface area contributed by atoms with Crippen LogP contribution in [0.2, 0.25) is 0 Å². The highest BCUT2D eigenvalue weighted by Gasteiger charge is 2.49. The molecule has 13 nitrogen and oxygen atoms in total. The summed E-state index contributed by atoms with van der Waals surface area (Å²) >= 11 is 0. The first kappa shape index (κ1) is 30.4. The zero-order valence-electron chi connectivity index (χ0n) is 23.0. The molecule has 3 aromatic carbocycles. The maximum absolute atomic E-state index is 13.1. The molecule has 7 N–H and O–H groups in total. The van der Waals surface area contributed by atoms with Crippen molar-refractivity contribution < 1.29 is 59.2 Å². The summed E-state index contributed by atoms with van der Waals surface area (Å²) < 4.78 is 22.3. The second-order valence-electron chi connectivity index (χ2n) is 9.98. The van der Waals surface area contributed by atoms with Crippen LogP contribution in [0, 0.1) is 0 Å². The van der Waals surface area contributed by atoms with Crippen molar-refractivity contribution in [2.24, 2.45) is 0 Å². The van der Waals surface area contributed by atoms with Gasteiger partial charge in [0.15, 0.2) is 28.6 Å². The maximum Gasteiger partial charge on any atom is 0.331 e. The second-order valence-corrected chi connectivity index (χ2v) is 9.98. The molecule has 1 saturated heterocycles. The topological polar surface area (TPSA) is 217 Å². The molecule has 0 aliphatic carbocycles. The molecule has 4 aromatic rings. The van der Waals surface area contributed by atoms with E-state index in [1.54, 1.807) is 0 Å². The van der Waals surface area contributed by atoms with Crippen LogP contribution in [-0.4, -0.2) is 79.8 Å². The van der Waals surface area contributed by atoms with Crippen LogP contribution < -0.4 is 10.2 Å². The van der Waals surface area contributed by atoms with Crippen molar-refractivity contribution in [3.05, 3.63) is 82.0 Å². The van der Waals surface area contributed by atoms with Crippen molar-refractivity contribution in [3.63, 3.8) is 0 Å². The van der Waals surface area contributed by atoms with E-state index in [9.17, 15) is 45.3 Å². The fourth-order valence-electron chi connectivity index (χ4n) is 4.95. The average Bonchev–Trinajstić information content (AvgIpc) is 2.99. The molecule has 230 valence electrons. The van der Waals surface area contributed by atoms with Crippen LogP contribution in [0.4, 0.5) is 0 Å². The summed E-state index contributed by atoms with van der Waals surface area (Å²) in [6.07, 6.45) is -6.02. The summed E-state index contributed by atoms with van der Waals surface area (Å²) in [5.74, 6) is -2.36. The molecule has 1 fully saturated rings. The Balaban J connectivity index is 1.59. The molecule has 1 aromatic heterocycles. The lowest BCUT2D eigenvalue weighted by Crippen LogP contribution is -2.56. The molecule has 13 heteroatoms. The Morgan fingerprint density at radius 1 is 0.932 bits per heavy atom. The largest absolute Gasteiger partial charge is 0.508 e. The number of aliphatic hydroxyl groups excluding tert-OH is 3. The van der Waals surface area contributed by atoms with Gasteiger partial charge in [0, 0.05) is 23.8 Å². The van der Waals surface area contributed by atoms with Crippen molar-refractivity contribution in [3.8, 4) is 40.1 Å². The van der Waals surface area contributed by atoms with Crippen molar-refractivity contribution in [1.82, 2.24) is 0 Å². The van der Waals surface area contributed by atoms with E-state index in [0.29, 0.717) is 11.1 Å². The van der Waals surface area contributed by atoms with Crippen molar-refractivity contribution in [1.29, 1.82) is 0 Å². The Bertz CT molecular complexity index is 1780. The van der Waals surface area contributed by atoms with E-state index in [1.807, 2.05) is 0 Å². The number of benzene rings is 3. The Kier molecular flexibility index (Phi) is 8.47. The Morgan fingerprint density at radius 2 is 1.66 bits per heavy atom. The van der Waals surface area contributed by atoms with Crippen molar-refractivity contribution in [2.45, 2.75) is 30.5 Å². The molecule has 0 radical (unpaired) electrons. The third-order valence-corrected chi connectivity index (χ3v) is 7.17. The molecular formula is C31H28O13. The third kappa shape index (κ3) is 5.76. The molecule has 5 atom stereocenters. The number of carbonyl (C=O) groups is 1. The van der Waals surface area contributed by atoms with Gasteiger partial charge in [-0.1, -0.05) is 6.07 Å². The fraction of sp³-hybridized carbons (Fsp3) is 0.226. The number of ether oxygens (including phenoxy) is 3. The minimum atomic E-state index is -1.85. The summed E-state index contributed by atoms with van der Waals surface area (Å²) in [6, 6.07) is 11.9. The van der Waals surface area contributed by atoms with Gasteiger partial charge in [-0.2, -0.15) is 0 Å². The number of rotatable bonds is 7. The number of aliphatic hydroxyl groups is 3. The van der Waals surface area contributed by atoms with Crippen LogP contribution in [0.5, 0.6) is 28.7 Å². The first-order valence-corrected chi connectivity index (χ1v) is 13.2.